The number of aromatic nitrogens is 1. The third kappa shape index (κ3) is 3.14. The van der Waals surface area contributed by atoms with Crippen LogP contribution in [0.3, 0.4) is 0 Å². The molecule has 1 aromatic rings. The second-order valence-electron chi connectivity index (χ2n) is 5.13. The van der Waals surface area contributed by atoms with Gasteiger partial charge >= 0.3 is 0 Å². The van der Waals surface area contributed by atoms with Gasteiger partial charge in [0.05, 0.1) is 11.8 Å². The maximum absolute atomic E-state index is 12.1. The van der Waals surface area contributed by atoms with E-state index in [4.69, 9.17) is 4.42 Å². The molecule has 0 saturated heterocycles. The topological polar surface area (TPSA) is 78.9 Å². The van der Waals surface area contributed by atoms with E-state index < -0.39 is 6.04 Å². The Morgan fingerprint density at radius 2 is 2.11 bits per heavy atom. The zero-order chi connectivity index (χ0) is 13.8. The van der Waals surface area contributed by atoms with E-state index in [1.165, 1.54) is 6.42 Å². The molecule has 1 N–H and O–H groups in total. The van der Waals surface area contributed by atoms with Gasteiger partial charge in [-0.2, -0.15) is 5.26 Å². The van der Waals surface area contributed by atoms with E-state index >= 15 is 0 Å². The fourth-order valence-electron chi connectivity index (χ4n) is 2.67. The number of nitrogens with one attached hydrogen (secondary N) is 1. The number of carbonyl (C=O) groups is 1. The number of oxazole rings is 1. The van der Waals surface area contributed by atoms with Crippen LogP contribution in [0.2, 0.25) is 0 Å². The first-order chi connectivity index (χ1) is 9.11. The number of nitrogens with zero attached hydrogens (tertiary/aromatic N) is 2. The summed E-state index contributed by atoms with van der Waals surface area (Å²) in [4.78, 5) is 16.2. The van der Waals surface area contributed by atoms with Crippen molar-refractivity contribution >= 4 is 5.91 Å². The summed E-state index contributed by atoms with van der Waals surface area (Å²) in [6.07, 6.45) is 5.52. The van der Waals surface area contributed by atoms with Gasteiger partial charge in [0, 0.05) is 6.92 Å². The van der Waals surface area contributed by atoms with Crippen LogP contribution in [0.5, 0.6) is 0 Å². The number of hydrogen-bond acceptors (Lipinski definition) is 4. The Hall–Kier alpha value is -1.83. The van der Waals surface area contributed by atoms with Crippen LogP contribution in [0.15, 0.2) is 4.42 Å². The third-order valence-corrected chi connectivity index (χ3v) is 3.66. The van der Waals surface area contributed by atoms with Crippen LogP contribution in [0.1, 0.15) is 54.2 Å². The summed E-state index contributed by atoms with van der Waals surface area (Å²) in [5, 5.41) is 12.0. The summed E-state index contributed by atoms with van der Waals surface area (Å²) in [5.74, 6) is 0.602. The van der Waals surface area contributed by atoms with E-state index in [1.54, 1.807) is 13.8 Å². The van der Waals surface area contributed by atoms with Crippen molar-refractivity contribution in [2.24, 2.45) is 5.92 Å². The number of amides is 1. The normalized spacial score (nSPS) is 17.7. The van der Waals surface area contributed by atoms with Crippen molar-refractivity contribution in [2.45, 2.75) is 52.0 Å². The molecule has 5 nitrogen and oxygen atoms in total. The standard InChI is InChI=1S/C14H19N3O2/c1-9-13(19-10(2)16-9)14(18)17-12(8-15)11-6-4-3-5-7-11/h11-12H,3-7H2,1-2H3,(H,17,18). The summed E-state index contributed by atoms with van der Waals surface area (Å²) >= 11 is 0. The molecule has 1 atom stereocenters. The van der Waals surface area contributed by atoms with Gasteiger partial charge in [0.15, 0.2) is 5.89 Å². The van der Waals surface area contributed by atoms with Crippen molar-refractivity contribution in [3.05, 3.63) is 17.3 Å². The molecule has 1 fully saturated rings. The van der Waals surface area contributed by atoms with Crippen molar-refractivity contribution in [1.82, 2.24) is 10.3 Å². The molecule has 0 spiro atoms. The molecule has 1 aliphatic carbocycles. The SMILES string of the molecule is Cc1nc(C)c(C(=O)NC(C#N)C2CCCCC2)o1. The van der Waals surface area contributed by atoms with E-state index in [9.17, 15) is 10.1 Å². The first-order valence-electron chi connectivity index (χ1n) is 6.76. The predicted octanol–water partition coefficient (Wildman–Crippen LogP) is 2.49. The van der Waals surface area contributed by atoms with Crippen LogP contribution in [0.4, 0.5) is 0 Å². The maximum Gasteiger partial charge on any atom is 0.290 e. The van der Waals surface area contributed by atoms with Gasteiger partial charge < -0.3 is 9.73 Å². The molecular formula is C14H19N3O2. The van der Waals surface area contributed by atoms with Crippen molar-refractivity contribution < 1.29 is 9.21 Å². The minimum absolute atomic E-state index is 0.216. The Bertz CT molecular complexity index is 495. The Morgan fingerprint density at radius 1 is 1.42 bits per heavy atom. The predicted molar refractivity (Wildman–Crippen MR) is 69.4 cm³/mol. The molecule has 1 aromatic heterocycles. The highest BCUT2D eigenvalue weighted by molar-refractivity contribution is 5.92. The number of nitriles is 1. The summed E-state index contributed by atoms with van der Waals surface area (Å²) in [7, 11) is 0. The van der Waals surface area contributed by atoms with Gasteiger partial charge in [-0.05, 0) is 25.7 Å². The monoisotopic (exact) mass is 261 g/mol. The molecule has 0 aliphatic heterocycles. The first-order valence-corrected chi connectivity index (χ1v) is 6.76. The lowest BCUT2D eigenvalue weighted by Gasteiger charge is -2.26. The molecule has 0 bridgehead atoms. The lowest BCUT2D eigenvalue weighted by molar-refractivity contribution is 0.0898. The molecule has 0 aromatic carbocycles. The molecular weight excluding hydrogens is 242 g/mol. The van der Waals surface area contributed by atoms with Crippen molar-refractivity contribution in [1.29, 1.82) is 5.26 Å². The zero-order valence-corrected chi connectivity index (χ0v) is 11.4. The molecule has 2 rings (SSSR count). The van der Waals surface area contributed by atoms with Crippen molar-refractivity contribution in [3.8, 4) is 6.07 Å². The number of hydrogen-bond donors (Lipinski definition) is 1. The fraction of sp³-hybridized carbons (Fsp3) is 0.643. The van der Waals surface area contributed by atoms with E-state index in [0.29, 0.717) is 11.6 Å². The van der Waals surface area contributed by atoms with Crippen LogP contribution in [-0.2, 0) is 0 Å². The lowest BCUT2D eigenvalue weighted by Crippen LogP contribution is -2.40. The minimum atomic E-state index is -0.433. The Morgan fingerprint density at radius 3 is 2.63 bits per heavy atom. The van der Waals surface area contributed by atoms with E-state index in [2.05, 4.69) is 16.4 Å². The number of rotatable bonds is 3. The zero-order valence-electron chi connectivity index (χ0n) is 11.4. The van der Waals surface area contributed by atoms with E-state index in [1.807, 2.05) is 0 Å². The third-order valence-electron chi connectivity index (χ3n) is 3.66. The average Bonchev–Trinajstić information content (AvgIpc) is 2.76. The van der Waals surface area contributed by atoms with Gasteiger partial charge in [-0.25, -0.2) is 4.98 Å². The quantitative estimate of drug-likeness (QED) is 0.906. The summed E-state index contributed by atoms with van der Waals surface area (Å²) in [5.41, 5.74) is 0.565. The van der Waals surface area contributed by atoms with Gasteiger partial charge in [0.25, 0.3) is 5.91 Å². The highest BCUT2D eigenvalue weighted by atomic mass is 16.4. The van der Waals surface area contributed by atoms with E-state index in [-0.39, 0.29) is 17.6 Å². The molecule has 1 amide bonds. The highest BCUT2D eigenvalue weighted by Crippen LogP contribution is 2.26. The number of aryl methyl sites for hydroxylation is 2. The van der Waals surface area contributed by atoms with Gasteiger partial charge in [0.2, 0.25) is 5.76 Å². The van der Waals surface area contributed by atoms with Crippen LogP contribution in [0.25, 0.3) is 0 Å². The minimum Gasteiger partial charge on any atom is -0.436 e. The van der Waals surface area contributed by atoms with Crippen LogP contribution in [-0.4, -0.2) is 16.9 Å². The lowest BCUT2D eigenvalue weighted by atomic mass is 9.84. The maximum atomic E-state index is 12.1. The van der Waals surface area contributed by atoms with Gasteiger partial charge in [-0.15, -0.1) is 0 Å². The largest absolute Gasteiger partial charge is 0.436 e. The molecule has 102 valence electrons. The smallest absolute Gasteiger partial charge is 0.290 e. The Kier molecular flexibility index (Phi) is 4.20. The second kappa shape index (κ2) is 5.87. The first kappa shape index (κ1) is 13.6. The van der Waals surface area contributed by atoms with Gasteiger partial charge in [-0.1, -0.05) is 19.3 Å². The molecule has 1 saturated carbocycles. The van der Waals surface area contributed by atoms with Crippen molar-refractivity contribution in [2.75, 3.05) is 0 Å². The van der Waals surface area contributed by atoms with E-state index in [0.717, 1.165) is 25.7 Å². The van der Waals surface area contributed by atoms with Crippen LogP contribution in [0, 0.1) is 31.1 Å². The summed E-state index contributed by atoms with van der Waals surface area (Å²) < 4.78 is 5.28. The Balaban J connectivity index is 2.04. The molecule has 1 unspecified atom stereocenters. The molecule has 0 radical (unpaired) electrons. The van der Waals surface area contributed by atoms with Crippen LogP contribution < -0.4 is 5.32 Å². The number of carbonyl (C=O) groups excluding carboxylic acids is 1. The van der Waals surface area contributed by atoms with Crippen molar-refractivity contribution in [3.63, 3.8) is 0 Å². The summed E-state index contributed by atoms with van der Waals surface area (Å²) in [6.45, 7) is 3.43. The van der Waals surface area contributed by atoms with Gasteiger partial charge in [0.1, 0.15) is 6.04 Å². The summed E-state index contributed by atoms with van der Waals surface area (Å²) in [6, 6.07) is 1.77. The molecule has 19 heavy (non-hydrogen) atoms. The fourth-order valence-corrected chi connectivity index (χ4v) is 2.67. The second-order valence-corrected chi connectivity index (χ2v) is 5.13. The highest BCUT2D eigenvalue weighted by Gasteiger charge is 2.27. The molecule has 1 heterocycles. The van der Waals surface area contributed by atoms with Crippen LogP contribution >= 0.6 is 0 Å². The molecule has 1 aliphatic rings. The molecule has 5 heteroatoms. The average molecular weight is 261 g/mol. The van der Waals surface area contributed by atoms with Gasteiger partial charge in [-0.3, -0.25) is 4.79 Å². The Labute approximate surface area is 113 Å².